The molecule has 0 fully saturated rings. The minimum absolute atomic E-state index is 0.248. The Morgan fingerprint density at radius 2 is 0.737 bits per heavy atom. The Balaban J connectivity index is 0.880. The largest absolute Gasteiger partial charge is 0.455 e. The van der Waals surface area contributed by atoms with Crippen molar-refractivity contribution in [2.75, 3.05) is 4.90 Å². The smallest absolute Gasteiger partial charge is 0.143 e. The van der Waals surface area contributed by atoms with Gasteiger partial charge in [-0.15, -0.1) is 0 Å². The van der Waals surface area contributed by atoms with Crippen molar-refractivity contribution in [2.45, 2.75) is 5.41 Å². The van der Waals surface area contributed by atoms with Crippen molar-refractivity contribution in [2.24, 2.45) is 0 Å². The van der Waals surface area contributed by atoms with E-state index in [2.05, 4.69) is 254 Å². The monoisotopic (exact) mass is 973 g/mol. The molecule has 358 valence electrons. The molecule has 3 heteroatoms. The second-order valence-corrected chi connectivity index (χ2v) is 19.7. The molecular formula is C73H48FNO. The Kier molecular flexibility index (Phi) is 11.0. The molecule has 0 spiro atoms. The molecule has 0 N–H and O–H groups in total. The summed E-state index contributed by atoms with van der Waals surface area (Å²) in [5.41, 5.74) is 20.1. The Bertz CT molecular complexity index is 4100. The van der Waals surface area contributed by atoms with Gasteiger partial charge in [-0.3, -0.25) is 0 Å². The van der Waals surface area contributed by atoms with Gasteiger partial charge in [-0.1, -0.05) is 237 Å². The molecule has 13 aromatic rings. The summed E-state index contributed by atoms with van der Waals surface area (Å²) < 4.78 is 24.4. The highest BCUT2D eigenvalue weighted by Crippen LogP contribution is 2.59. The van der Waals surface area contributed by atoms with Gasteiger partial charge in [-0.2, -0.15) is 0 Å². The Labute approximate surface area is 441 Å². The number of fused-ring (bicyclic) bond motifs is 6. The van der Waals surface area contributed by atoms with Gasteiger partial charge in [0.1, 0.15) is 17.0 Å². The van der Waals surface area contributed by atoms with Gasteiger partial charge >= 0.3 is 0 Å². The molecule has 0 atom stereocenters. The molecule has 0 bridgehead atoms. The zero-order valence-corrected chi connectivity index (χ0v) is 41.4. The number of halogens is 1. The molecule has 1 aliphatic rings. The van der Waals surface area contributed by atoms with Crippen molar-refractivity contribution >= 4 is 39.0 Å². The van der Waals surface area contributed by atoms with Crippen LogP contribution in [0.4, 0.5) is 21.5 Å². The number of hydrogen-bond donors (Lipinski definition) is 0. The molecule has 2 nitrogen and oxygen atoms in total. The van der Waals surface area contributed by atoms with Crippen LogP contribution < -0.4 is 4.90 Å². The van der Waals surface area contributed by atoms with Crippen molar-refractivity contribution in [3.63, 3.8) is 0 Å². The third kappa shape index (κ3) is 7.55. The van der Waals surface area contributed by atoms with Crippen molar-refractivity contribution in [3.05, 3.63) is 319 Å². The average molecular weight is 974 g/mol. The molecule has 0 amide bonds. The SMILES string of the molecule is Fc1cc(-c2ccc(-c3ccc(-c4cccc5c4oc4ccccc45)cc3)cc2)cc2c1C(c1ccccc1)(c1ccccc1)c1cc(N(c3ccc(-c4ccccc4)cc3)c3ccc(-c4ccccc4)cc3)ccc1-2. The Morgan fingerprint density at radius 1 is 0.303 bits per heavy atom. The lowest BCUT2D eigenvalue weighted by atomic mass is 9.67. The summed E-state index contributed by atoms with van der Waals surface area (Å²) in [7, 11) is 0. The van der Waals surface area contributed by atoms with E-state index < -0.39 is 5.41 Å². The van der Waals surface area contributed by atoms with E-state index in [9.17, 15) is 0 Å². The lowest BCUT2D eigenvalue weighted by Crippen LogP contribution is -2.30. The van der Waals surface area contributed by atoms with Crippen LogP contribution in [0.1, 0.15) is 22.3 Å². The summed E-state index contributed by atoms with van der Waals surface area (Å²) in [6, 6.07) is 102. The topological polar surface area (TPSA) is 16.4 Å². The first-order valence-electron chi connectivity index (χ1n) is 25.9. The number of benzene rings is 12. The van der Waals surface area contributed by atoms with Crippen LogP contribution in [-0.2, 0) is 5.41 Å². The van der Waals surface area contributed by atoms with Gasteiger partial charge in [0.15, 0.2) is 0 Å². The summed E-state index contributed by atoms with van der Waals surface area (Å²) in [6.45, 7) is 0. The minimum atomic E-state index is -0.974. The quantitative estimate of drug-likeness (QED) is 0.136. The number of para-hydroxylation sites is 2. The van der Waals surface area contributed by atoms with Crippen LogP contribution in [0.15, 0.2) is 296 Å². The van der Waals surface area contributed by atoms with Crippen LogP contribution in [0.5, 0.6) is 0 Å². The van der Waals surface area contributed by atoms with Crippen LogP contribution in [0.2, 0.25) is 0 Å². The standard InChI is InChI=1S/C73H48FNO/c74-69-47-57(55-30-28-51(29-31-55)52-32-34-56(35-33-52)63-25-15-26-66-65-24-13-14-27-70(65)76-72(63)66)46-67-64-45-44-62(48-68(64)73(71(67)69,58-20-9-3-10-21-58)59-22-11-4-12-23-59)75(60-40-36-53(37-41-60)49-16-5-1-6-17-49)61-42-38-54(39-43-61)50-18-7-2-8-19-50/h1-48H. The van der Waals surface area contributed by atoms with E-state index in [1.165, 1.54) is 0 Å². The molecule has 0 unspecified atom stereocenters. The van der Waals surface area contributed by atoms with E-state index in [0.717, 1.165) is 122 Å². The zero-order valence-electron chi connectivity index (χ0n) is 41.4. The number of hydrogen-bond acceptors (Lipinski definition) is 2. The highest BCUT2D eigenvalue weighted by molar-refractivity contribution is 6.09. The van der Waals surface area contributed by atoms with E-state index >= 15 is 4.39 Å². The third-order valence-corrected chi connectivity index (χ3v) is 15.5. The van der Waals surface area contributed by atoms with Crippen LogP contribution in [0.3, 0.4) is 0 Å². The van der Waals surface area contributed by atoms with Crippen molar-refractivity contribution in [1.82, 2.24) is 0 Å². The lowest BCUT2D eigenvalue weighted by Gasteiger charge is -2.35. The molecule has 0 aliphatic heterocycles. The molecular weight excluding hydrogens is 926 g/mol. The van der Waals surface area contributed by atoms with Crippen molar-refractivity contribution in [1.29, 1.82) is 0 Å². The fraction of sp³-hybridized carbons (Fsp3) is 0.0137. The molecule has 1 aliphatic carbocycles. The molecule has 1 aromatic heterocycles. The van der Waals surface area contributed by atoms with Gasteiger partial charge < -0.3 is 9.32 Å². The first-order chi connectivity index (χ1) is 37.6. The number of rotatable bonds is 10. The van der Waals surface area contributed by atoms with Gasteiger partial charge in [0.2, 0.25) is 0 Å². The molecule has 0 saturated heterocycles. The lowest BCUT2D eigenvalue weighted by molar-refractivity contribution is 0.588. The Morgan fingerprint density at radius 3 is 1.29 bits per heavy atom. The molecule has 14 rings (SSSR count). The van der Waals surface area contributed by atoms with Crippen LogP contribution >= 0.6 is 0 Å². The summed E-state index contributed by atoms with van der Waals surface area (Å²) in [5.74, 6) is -0.248. The molecule has 12 aromatic carbocycles. The number of nitrogens with zero attached hydrogens (tertiary/aromatic N) is 1. The Hall–Kier alpha value is -9.83. The van der Waals surface area contributed by atoms with Crippen LogP contribution in [0.25, 0.3) is 88.7 Å². The normalized spacial score (nSPS) is 12.4. The minimum Gasteiger partial charge on any atom is -0.455 e. The van der Waals surface area contributed by atoms with E-state index in [-0.39, 0.29) is 5.82 Å². The fourth-order valence-corrected chi connectivity index (χ4v) is 11.8. The highest BCUT2D eigenvalue weighted by Gasteiger charge is 2.48. The number of anilines is 3. The van der Waals surface area contributed by atoms with Gasteiger partial charge in [-0.25, -0.2) is 4.39 Å². The van der Waals surface area contributed by atoms with Crippen LogP contribution in [0, 0.1) is 5.82 Å². The maximum Gasteiger partial charge on any atom is 0.143 e. The maximum atomic E-state index is 18.1. The number of furan rings is 1. The fourth-order valence-electron chi connectivity index (χ4n) is 11.8. The van der Waals surface area contributed by atoms with Crippen molar-refractivity contribution < 1.29 is 8.81 Å². The highest BCUT2D eigenvalue weighted by atomic mass is 19.1. The van der Waals surface area contributed by atoms with Gasteiger partial charge in [0.25, 0.3) is 0 Å². The van der Waals surface area contributed by atoms with E-state index in [1.54, 1.807) is 6.07 Å². The predicted octanol–water partition coefficient (Wildman–Crippen LogP) is 19.9. The van der Waals surface area contributed by atoms with E-state index in [0.29, 0.717) is 5.56 Å². The van der Waals surface area contributed by atoms with E-state index in [4.69, 9.17) is 4.42 Å². The van der Waals surface area contributed by atoms with Crippen LogP contribution in [-0.4, -0.2) is 0 Å². The second-order valence-electron chi connectivity index (χ2n) is 19.7. The second kappa shape index (κ2) is 18.6. The zero-order chi connectivity index (χ0) is 50.6. The van der Waals surface area contributed by atoms with E-state index in [1.807, 2.05) is 36.4 Å². The average Bonchev–Trinajstić information content (AvgIpc) is 4.24. The molecule has 0 radical (unpaired) electrons. The molecule has 76 heavy (non-hydrogen) atoms. The summed E-state index contributed by atoms with van der Waals surface area (Å²) in [4.78, 5) is 2.32. The molecule has 0 saturated carbocycles. The van der Waals surface area contributed by atoms with Gasteiger partial charge in [-0.05, 0) is 132 Å². The van der Waals surface area contributed by atoms with Gasteiger partial charge in [0.05, 0.1) is 5.41 Å². The maximum absolute atomic E-state index is 18.1. The summed E-state index contributed by atoms with van der Waals surface area (Å²) in [5, 5.41) is 2.23. The third-order valence-electron chi connectivity index (χ3n) is 15.5. The van der Waals surface area contributed by atoms with Crippen molar-refractivity contribution in [3.8, 4) is 66.8 Å². The van der Waals surface area contributed by atoms with Gasteiger partial charge in [0, 0.05) is 39.0 Å². The predicted molar refractivity (Wildman–Crippen MR) is 313 cm³/mol. The first kappa shape index (κ1) is 44.8. The first-order valence-corrected chi connectivity index (χ1v) is 25.9. The molecule has 1 heterocycles. The summed E-state index contributed by atoms with van der Waals surface area (Å²) >= 11 is 0. The summed E-state index contributed by atoms with van der Waals surface area (Å²) in [6.07, 6.45) is 0.